The summed E-state index contributed by atoms with van der Waals surface area (Å²) in [4.78, 5) is 33.8. The van der Waals surface area contributed by atoms with Gasteiger partial charge in [-0.25, -0.2) is 14.3 Å². The van der Waals surface area contributed by atoms with E-state index in [0.717, 1.165) is 26.9 Å². The van der Waals surface area contributed by atoms with Crippen molar-refractivity contribution in [2.75, 3.05) is 19.0 Å². The number of imidazole rings is 1. The Bertz CT molecular complexity index is 1560. The number of carbonyl (C=O) groups excluding carboxylic acids is 2. The average Bonchev–Trinajstić information content (AvgIpc) is 3.08. The molecule has 1 fully saturated rings. The van der Waals surface area contributed by atoms with Crippen LogP contribution >= 0.6 is 0 Å². The molecule has 2 aromatic heterocycles. The van der Waals surface area contributed by atoms with E-state index in [0.29, 0.717) is 23.6 Å². The molecule has 1 atom stereocenters. The summed E-state index contributed by atoms with van der Waals surface area (Å²) >= 11 is 0. The van der Waals surface area contributed by atoms with Gasteiger partial charge in [0.25, 0.3) is 11.6 Å². The van der Waals surface area contributed by atoms with Gasteiger partial charge in [-0.15, -0.1) is 0 Å². The highest BCUT2D eigenvalue weighted by Gasteiger charge is 2.53. The number of hydrogen-bond acceptors (Lipinski definition) is 7. The van der Waals surface area contributed by atoms with E-state index in [-0.39, 0.29) is 5.82 Å². The molecule has 0 aliphatic carbocycles. The number of fused-ring (bicyclic) bond motifs is 1. The Morgan fingerprint density at radius 3 is 2.28 bits per heavy atom. The molecule has 3 heterocycles. The second-order valence-electron chi connectivity index (χ2n) is 10.6. The summed E-state index contributed by atoms with van der Waals surface area (Å²) in [5, 5.41) is 14.7. The molecule has 0 amide bonds. The van der Waals surface area contributed by atoms with Gasteiger partial charge in [0, 0.05) is 52.7 Å². The number of carbonyl (C=O) groups is 2. The second-order valence-corrected chi connectivity index (χ2v) is 10.6. The lowest BCUT2D eigenvalue weighted by molar-refractivity contribution is -0.621. The number of cyclic esters (lactones) is 2. The van der Waals surface area contributed by atoms with Crippen molar-refractivity contribution in [3.63, 3.8) is 0 Å². The SMILES string of the molecule is Cc1c(C)[n+]([O-])c([C@H](c2cc3ccccc3nc2N(C)C)C2C(=O)OC(C)(C)OC2=O)n1Cc1ccccc1. The summed E-state index contributed by atoms with van der Waals surface area (Å²) in [6, 6.07) is 19.2. The van der Waals surface area contributed by atoms with Crippen molar-refractivity contribution in [2.45, 2.75) is 45.9 Å². The summed E-state index contributed by atoms with van der Waals surface area (Å²) < 4.78 is 13.8. The first-order valence-electron chi connectivity index (χ1n) is 12.8. The maximum atomic E-state index is 13.9. The van der Waals surface area contributed by atoms with E-state index in [1.54, 1.807) is 6.92 Å². The van der Waals surface area contributed by atoms with Crippen LogP contribution in [0.1, 0.15) is 48.1 Å². The lowest BCUT2D eigenvalue weighted by atomic mass is 9.83. The Morgan fingerprint density at radius 1 is 1.03 bits per heavy atom. The molecular weight excluding hydrogens is 496 g/mol. The fraction of sp³-hybridized carbons (Fsp3) is 0.333. The van der Waals surface area contributed by atoms with Crippen molar-refractivity contribution in [1.82, 2.24) is 9.55 Å². The van der Waals surface area contributed by atoms with Crippen LogP contribution in [0.5, 0.6) is 0 Å². The van der Waals surface area contributed by atoms with E-state index < -0.39 is 29.6 Å². The van der Waals surface area contributed by atoms with Gasteiger partial charge in [0.05, 0.1) is 5.52 Å². The van der Waals surface area contributed by atoms with Gasteiger partial charge in [0.15, 0.2) is 5.92 Å². The molecule has 0 radical (unpaired) electrons. The molecule has 0 spiro atoms. The third-order valence-electron chi connectivity index (χ3n) is 7.20. The van der Waals surface area contributed by atoms with Crippen LogP contribution in [0.2, 0.25) is 0 Å². The van der Waals surface area contributed by atoms with Gasteiger partial charge >= 0.3 is 11.9 Å². The minimum atomic E-state index is -1.41. The summed E-state index contributed by atoms with van der Waals surface area (Å²) in [5.41, 5.74) is 3.47. The van der Waals surface area contributed by atoms with Crippen LogP contribution in [0.25, 0.3) is 10.9 Å². The average molecular weight is 529 g/mol. The molecule has 2 aromatic carbocycles. The predicted octanol–water partition coefficient (Wildman–Crippen LogP) is 3.99. The highest BCUT2D eigenvalue weighted by Crippen LogP contribution is 2.42. The predicted molar refractivity (Wildman–Crippen MR) is 146 cm³/mol. The summed E-state index contributed by atoms with van der Waals surface area (Å²) in [6.45, 7) is 6.99. The smallest absolute Gasteiger partial charge is 0.324 e. The van der Waals surface area contributed by atoms with Crippen LogP contribution in [0.15, 0.2) is 60.7 Å². The Morgan fingerprint density at radius 2 is 1.64 bits per heavy atom. The van der Waals surface area contributed by atoms with Crippen molar-refractivity contribution in [3.05, 3.63) is 94.2 Å². The Balaban J connectivity index is 1.82. The maximum Gasteiger partial charge on any atom is 0.324 e. The molecule has 1 aliphatic heterocycles. The Labute approximate surface area is 227 Å². The van der Waals surface area contributed by atoms with Crippen molar-refractivity contribution in [1.29, 1.82) is 0 Å². The maximum absolute atomic E-state index is 13.9. The van der Waals surface area contributed by atoms with E-state index in [4.69, 9.17) is 14.5 Å². The number of esters is 2. The number of para-hydroxylation sites is 1. The van der Waals surface area contributed by atoms with Gasteiger partial charge in [-0.2, -0.15) is 0 Å². The Hall–Kier alpha value is -4.40. The number of anilines is 1. The molecule has 0 unspecified atom stereocenters. The van der Waals surface area contributed by atoms with E-state index in [1.807, 2.05) is 91.1 Å². The lowest BCUT2D eigenvalue weighted by Crippen LogP contribution is -2.50. The molecule has 0 saturated carbocycles. The molecule has 5 rings (SSSR count). The topological polar surface area (TPSA) is 101 Å². The van der Waals surface area contributed by atoms with Gasteiger partial charge in [-0.1, -0.05) is 48.5 Å². The normalized spacial score (nSPS) is 16.2. The minimum Gasteiger partial charge on any atom is -0.711 e. The van der Waals surface area contributed by atoms with Crippen LogP contribution < -0.4 is 9.63 Å². The molecule has 1 saturated heterocycles. The highest BCUT2D eigenvalue weighted by molar-refractivity contribution is 5.98. The van der Waals surface area contributed by atoms with Crippen LogP contribution in [0.3, 0.4) is 0 Å². The Kier molecular flexibility index (Phi) is 6.54. The van der Waals surface area contributed by atoms with Crippen LogP contribution in [0, 0.1) is 25.0 Å². The standard InChI is InChI=1S/C30H32N4O5/c1-18-19(2)34(37)27(33(18)17-20-12-8-7-9-13-20)24(25-28(35)38-30(3,4)39-29(25)36)22-16-21-14-10-11-15-23(21)31-26(22)32(5)6/h7-16,24-25H,17H2,1-6H3/t24-/m1/s1. The summed E-state index contributed by atoms with van der Waals surface area (Å²) in [7, 11) is 3.67. The van der Waals surface area contributed by atoms with E-state index in [1.165, 1.54) is 13.8 Å². The number of hydrogen-bond donors (Lipinski definition) is 0. The fourth-order valence-electron chi connectivity index (χ4n) is 5.23. The van der Waals surface area contributed by atoms with Gasteiger partial charge in [0.2, 0.25) is 0 Å². The first kappa shape index (κ1) is 26.2. The zero-order valence-electron chi connectivity index (χ0n) is 23.0. The monoisotopic (exact) mass is 528 g/mol. The van der Waals surface area contributed by atoms with E-state index >= 15 is 0 Å². The van der Waals surface area contributed by atoms with Gasteiger partial charge < -0.3 is 19.6 Å². The number of nitrogens with zero attached hydrogens (tertiary/aromatic N) is 4. The molecule has 0 bridgehead atoms. The number of rotatable bonds is 6. The molecule has 39 heavy (non-hydrogen) atoms. The van der Waals surface area contributed by atoms with Gasteiger partial charge in [-0.05, 0) is 17.7 Å². The van der Waals surface area contributed by atoms with E-state index in [9.17, 15) is 14.8 Å². The van der Waals surface area contributed by atoms with Crippen LogP contribution in [-0.2, 0) is 25.6 Å². The van der Waals surface area contributed by atoms with Crippen molar-refractivity contribution in [3.8, 4) is 0 Å². The molecule has 202 valence electrons. The quantitative estimate of drug-likeness (QED) is 0.161. The third kappa shape index (κ3) is 4.69. The number of benzene rings is 2. The molecule has 9 heteroatoms. The second kappa shape index (κ2) is 9.72. The molecule has 0 N–H and O–H groups in total. The summed E-state index contributed by atoms with van der Waals surface area (Å²) in [5.74, 6) is -4.58. The molecule has 1 aliphatic rings. The van der Waals surface area contributed by atoms with Crippen molar-refractivity contribution >= 4 is 28.7 Å². The first-order valence-corrected chi connectivity index (χ1v) is 12.8. The van der Waals surface area contributed by atoms with E-state index in [2.05, 4.69) is 0 Å². The molecule has 9 nitrogen and oxygen atoms in total. The highest BCUT2D eigenvalue weighted by atomic mass is 16.7. The zero-order valence-corrected chi connectivity index (χ0v) is 23.0. The van der Waals surface area contributed by atoms with Crippen molar-refractivity contribution < 1.29 is 23.8 Å². The number of aromatic nitrogens is 3. The van der Waals surface area contributed by atoms with Crippen molar-refractivity contribution in [2.24, 2.45) is 5.92 Å². The largest absolute Gasteiger partial charge is 0.711 e. The molecular formula is C30H32N4O5. The summed E-state index contributed by atoms with van der Waals surface area (Å²) in [6.07, 6.45) is 0. The third-order valence-corrected chi connectivity index (χ3v) is 7.20. The van der Waals surface area contributed by atoms with Gasteiger partial charge in [-0.3, -0.25) is 9.59 Å². The number of ether oxygens (including phenoxy) is 2. The van der Waals surface area contributed by atoms with Gasteiger partial charge in [0.1, 0.15) is 29.7 Å². The minimum absolute atomic E-state index is 0.243. The lowest BCUT2D eigenvalue weighted by Gasteiger charge is -2.36. The molecule has 4 aromatic rings. The number of pyridine rings is 1. The first-order chi connectivity index (χ1) is 18.5. The fourth-order valence-corrected chi connectivity index (χ4v) is 5.23. The zero-order chi connectivity index (χ0) is 28.1. The van der Waals surface area contributed by atoms with Crippen LogP contribution in [0.4, 0.5) is 5.82 Å². The van der Waals surface area contributed by atoms with Crippen LogP contribution in [-0.4, -0.2) is 41.4 Å².